The van der Waals surface area contributed by atoms with Crippen molar-refractivity contribution in [2.75, 3.05) is 6.54 Å². The van der Waals surface area contributed by atoms with Crippen LogP contribution in [0.25, 0.3) is 6.08 Å². The minimum Gasteiger partial charge on any atom is -0.488 e. The summed E-state index contributed by atoms with van der Waals surface area (Å²) in [6.07, 6.45) is 6.88. The van der Waals surface area contributed by atoms with Gasteiger partial charge in [-0.1, -0.05) is 41.8 Å². The van der Waals surface area contributed by atoms with Crippen LogP contribution in [0.2, 0.25) is 5.02 Å². The third kappa shape index (κ3) is 4.67. The van der Waals surface area contributed by atoms with Crippen molar-refractivity contribution in [1.29, 1.82) is 0 Å². The highest BCUT2D eigenvalue weighted by Crippen LogP contribution is 2.33. The Morgan fingerprint density at radius 3 is 2.74 bits per heavy atom. The maximum absolute atomic E-state index is 12.2. The summed E-state index contributed by atoms with van der Waals surface area (Å²) in [5.41, 5.74) is 1.71. The first-order valence-corrected chi connectivity index (χ1v) is 10.1. The van der Waals surface area contributed by atoms with Gasteiger partial charge in [0, 0.05) is 10.6 Å². The molecule has 0 spiro atoms. The largest absolute Gasteiger partial charge is 0.488 e. The second-order valence-electron chi connectivity index (χ2n) is 5.54. The smallest absolute Gasteiger partial charge is 0.294 e. The number of benzene rings is 2. The standard InChI is InChI=1S/C20H13ClINO3S/c1-2-9-23-19(24)18(27-20(23)25)11-13-7-8-17(16(22)10-13)26-12-14-5-3-4-6-15(14)21/h1,3-8,10-11H,9,12H2/b18-11+. The quantitative estimate of drug-likeness (QED) is 0.316. The molecule has 1 aliphatic heterocycles. The Kier molecular flexibility index (Phi) is 6.47. The summed E-state index contributed by atoms with van der Waals surface area (Å²) < 4.78 is 6.73. The summed E-state index contributed by atoms with van der Waals surface area (Å²) in [5, 5.41) is 0.311. The number of rotatable bonds is 5. The number of halogens is 2. The molecule has 0 atom stereocenters. The maximum Gasteiger partial charge on any atom is 0.294 e. The highest BCUT2D eigenvalue weighted by Gasteiger charge is 2.34. The summed E-state index contributed by atoms with van der Waals surface area (Å²) in [5.74, 6) is 2.67. The van der Waals surface area contributed by atoms with E-state index >= 15 is 0 Å². The zero-order chi connectivity index (χ0) is 19.4. The summed E-state index contributed by atoms with van der Waals surface area (Å²) >= 11 is 9.20. The van der Waals surface area contributed by atoms with E-state index < -0.39 is 0 Å². The molecule has 1 heterocycles. The number of imide groups is 1. The van der Waals surface area contributed by atoms with Gasteiger partial charge in [-0.2, -0.15) is 0 Å². The van der Waals surface area contributed by atoms with Crippen LogP contribution < -0.4 is 4.74 Å². The van der Waals surface area contributed by atoms with Crippen LogP contribution >= 0.6 is 46.0 Å². The number of hydrogen-bond acceptors (Lipinski definition) is 4. The molecular weight excluding hydrogens is 497 g/mol. The van der Waals surface area contributed by atoms with Crippen LogP contribution in [0.5, 0.6) is 5.75 Å². The molecule has 2 aromatic carbocycles. The molecule has 1 fully saturated rings. The Balaban J connectivity index is 1.74. The van der Waals surface area contributed by atoms with E-state index in [2.05, 4.69) is 28.5 Å². The average Bonchev–Trinajstić information content (AvgIpc) is 2.90. The number of ether oxygens (including phenoxy) is 1. The van der Waals surface area contributed by atoms with E-state index in [1.165, 1.54) is 0 Å². The van der Waals surface area contributed by atoms with Crippen LogP contribution in [-0.4, -0.2) is 22.6 Å². The summed E-state index contributed by atoms with van der Waals surface area (Å²) in [6.45, 7) is 0.342. The second-order valence-corrected chi connectivity index (χ2v) is 8.10. The molecule has 4 nitrogen and oxygen atoms in total. The highest BCUT2D eigenvalue weighted by molar-refractivity contribution is 14.1. The molecule has 27 heavy (non-hydrogen) atoms. The Bertz CT molecular complexity index is 983. The minimum atomic E-state index is -0.364. The first kappa shape index (κ1) is 19.8. The van der Waals surface area contributed by atoms with Crippen molar-refractivity contribution in [2.24, 2.45) is 0 Å². The number of amides is 2. The lowest BCUT2D eigenvalue weighted by Gasteiger charge is -2.10. The van der Waals surface area contributed by atoms with Crippen molar-refractivity contribution >= 4 is 63.2 Å². The van der Waals surface area contributed by atoms with Crippen molar-refractivity contribution in [3.63, 3.8) is 0 Å². The van der Waals surface area contributed by atoms with Gasteiger partial charge in [0.25, 0.3) is 11.1 Å². The Morgan fingerprint density at radius 2 is 2.04 bits per heavy atom. The van der Waals surface area contributed by atoms with E-state index in [-0.39, 0.29) is 17.7 Å². The van der Waals surface area contributed by atoms with Gasteiger partial charge in [0.2, 0.25) is 0 Å². The summed E-state index contributed by atoms with van der Waals surface area (Å²) in [7, 11) is 0. The third-order valence-corrected chi connectivity index (χ3v) is 5.84. The van der Waals surface area contributed by atoms with E-state index in [9.17, 15) is 9.59 Å². The van der Waals surface area contributed by atoms with Gasteiger partial charge in [-0.05, 0) is 64.2 Å². The fourth-order valence-electron chi connectivity index (χ4n) is 2.37. The summed E-state index contributed by atoms with van der Waals surface area (Å²) in [6, 6.07) is 13.1. The lowest BCUT2D eigenvalue weighted by atomic mass is 10.2. The van der Waals surface area contributed by atoms with E-state index in [0.717, 1.165) is 31.4 Å². The minimum absolute atomic E-state index is 0.0195. The molecule has 0 bridgehead atoms. The Labute approximate surface area is 180 Å². The molecule has 0 aliphatic carbocycles. The van der Waals surface area contributed by atoms with E-state index in [1.807, 2.05) is 42.5 Å². The molecule has 2 aromatic rings. The second kappa shape index (κ2) is 8.83. The van der Waals surface area contributed by atoms with Gasteiger partial charge in [-0.15, -0.1) is 6.42 Å². The lowest BCUT2D eigenvalue weighted by Crippen LogP contribution is -2.28. The van der Waals surface area contributed by atoms with Crippen LogP contribution in [0.4, 0.5) is 4.79 Å². The van der Waals surface area contributed by atoms with Crippen LogP contribution in [0.3, 0.4) is 0 Å². The normalized spacial score (nSPS) is 15.3. The molecule has 2 amide bonds. The first-order chi connectivity index (χ1) is 13.0. The van der Waals surface area contributed by atoms with Crippen LogP contribution in [0.15, 0.2) is 47.4 Å². The molecule has 136 valence electrons. The van der Waals surface area contributed by atoms with Gasteiger partial charge < -0.3 is 4.74 Å². The highest BCUT2D eigenvalue weighted by atomic mass is 127. The molecule has 0 saturated carbocycles. The zero-order valence-corrected chi connectivity index (χ0v) is 17.7. The number of thioether (sulfide) groups is 1. The zero-order valence-electron chi connectivity index (χ0n) is 13.9. The molecule has 0 unspecified atom stereocenters. The third-order valence-electron chi connectivity index (χ3n) is 3.72. The van der Waals surface area contributed by atoms with E-state index in [4.69, 9.17) is 22.8 Å². The van der Waals surface area contributed by atoms with Gasteiger partial charge >= 0.3 is 0 Å². The molecule has 3 rings (SSSR count). The van der Waals surface area contributed by atoms with Gasteiger partial charge in [0.15, 0.2) is 0 Å². The van der Waals surface area contributed by atoms with Gasteiger partial charge in [0.05, 0.1) is 15.0 Å². The van der Waals surface area contributed by atoms with Crippen LogP contribution in [-0.2, 0) is 11.4 Å². The van der Waals surface area contributed by atoms with Crippen molar-refractivity contribution in [1.82, 2.24) is 4.90 Å². The Morgan fingerprint density at radius 1 is 1.26 bits per heavy atom. The lowest BCUT2D eigenvalue weighted by molar-refractivity contribution is -0.122. The number of nitrogens with zero attached hydrogens (tertiary/aromatic N) is 1. The van der Waals surface area contributed by atoms with Gasteiger partial charge in [0.1, 0.15) is 12.4 Å². The van der Waals surface area contributed by atoms with Crippen molar-refractivity contribution in [3.8, 4) is 18.1 Å². The van der Waals surface area contributed by atoms with Crippen LogP contribution in [0, 0.1) is 15.9 Å². The monoisotopic (exact) mass is 509 g/mol. The SMILES string of the molecule is C#CCN1C(=O)S/C(=C/c2ccc(OCc3ccccc3Cl)c(I)c2)C1=O. The van der Waals surface area contributed by atoms with Gasteiger partial charge in [-0.3, -0.25) is 14.5 Å². The van der Waals surface area contributed by atoms with Crippen LogP contribution in [0.1, 0.15) is 11.1 Å². The predicted molar refractivity (Wildman–Crippen MR) is 116 cm³/mol. The van der Waals surface area contributed by atoms with E-state index in [0.29, 0.717) is 22.3 Å². The molecule has 7 heteroatoms. The predicted octanol–water partition coefficient (Wildman–Crippen LogP) is 5.19. The van der Waals surface area contributed by atoms with Crippen molar-refractivity contribution in [2.45, 2.75) is 6.61 Å². The Hall–Kier alpha value is -1.95. The van der Waals surface area contributed by atoms with E-state index in [1.54, 1.807) is 6.08 Å². The molecule has 1 saturated heterocycles. The number of hydrogen-bond donors (Lipinski definition) is 0. The number of carbonyl (C=O) groups excluding carboxylic acids is 2. The molecule has 0 N–H and O–H groups in total. The molecule has 0 radical (unpaired) electrons. The number of terminal acetylenes is 1. The maximum atomic E-state index is 12.2. The number of carbonyl (C=O) groups is 2. The van der Waals surface area contributed by atoms with Crippen molar-refractivity contribution in [3.05, 3.63) is 67.1 Å². The molecule has 1 aliphatic rings. The average molecular weight is 510 g/mol. The molecule has 0 aromatic heterocycles. The fourth-order valence-corrected chi connectivity index (χ4v) is 4.10. The van der Waals surface area contributed by atoms with Gasteiger partial charge in [-0.25, -0.2) is 0 Å². The fraction of sp³-hybridized carbons (Fsp3) is 0.100. The summed E-state index contributed by atoms with van der Waals surface area (Å²) in [4.78, 5) is 25.5. The topological polar surface area (TPSA) is 46.6 Å². The molecular formula is C20H13ClINO3S. The van der Waals surface area contributed by atoms with Crippen molar-refractivity contribution < 1.29 is 14.3 Å². The first-order valence-electron chi connectivity index (χ1n) is 7.84.